The third kappa shape index (κ3) is 2.95. The molecule has 20 heavy (non-hydrogen) atoms. The molecular weight excluding hydrogens is 323 g/mol. The van der Waals surface area contributed by atoms with Crippen molar-refractivity contribution < 1.29 is 8.42 Å². The van der Waals surface area contributed by atoms with Gasteiger partial charge in [-0.15, -0.1) is 0 Å². The van der Waals surface area contributed by atoms with Gasteiger partial charge in [0.2, 0.25) is 0 Å². The molecule has 0 radical (unpaired) electrons. The van der Waals surface area contributed by atoms with Gasteiger partial charge >= 0.3 is 0 Å². The first-order valence-corrected chi connectivity index (χ1v) is 7.60. The van der Waals surface area contributed by atoms with Crippen molar-refractivity contribution in [2.75, 3.05) is 10.5 Å². The van der Waals surface area contributed by atoms with E-state index >= 15 is 0 Å². The van der Waals surface area contributed by atoms with Crippen LogP contribution in [0.4, 0.5) is 11.5 Å². The number of halogens is 2. The number of nitrogen functional groups attached to an aromatic ring is 1. The van der Waals surface area contributed by atoms with Crippen molar-refractivity contribution in [1.29, 1.82) is 0 Å². The molecule has 106 valence electrons. The predicted octanol–water partition coefficient (Wildman–Crippen LogP) is 2.47. The number of benzene rings is 1. The van der Waals surface area contributed by atoms with E-state index in [0.29, 0.717) is 0 Å². The molecule has 0 aliphatic heterocycles. The minimum atomic E-state index is -3.91. The standard InChI is InChI=1S/C11H10Cl2N4O2S/c1-6-2-3-8(7(14)4-6)20(18,19)17-11-9(12)10(13)15-5-16-11/h2-5H,14H2,1H3,(H,15,16,17). The summed E-state index contributed by atoms with van der Waals surface area (Å²) in [7, 11) is -3.91. The molecule has 0 fully saturated rings. The Morgan fingerprint density at radius 3 is 2.60 bits per heavy atom. The van der Waals surface area contributed by atoms with Crippen LogP contribution in [0.5, 0.6) is 0 Å². The number of nitrogens with two attached hydrogens (primary N) is 1. The van der Waals surface area contributed by atoms with Gasteiger partial charge in [-0.3, -0.25) is 4.72 Å². The van der Waals surface area contributed by atoms with Crippen LogP contribution in [0.3, 0.4) is 0 Å². The molecule has 1 aromatic heterocycles. The highest BCUT2D eigenvalue weighted by Gasteiger charge is 2.20. The molecule has 0 bridgehead atoms. The van der Waals surface area contributed by atoms with Crippen molar-refractivity contribution >= 4 is 44.7 Å². The summed E-state index contributed by atoms with van der Waals surface area (Å²) in [4.78, 5) is 7.31. The van der Waals surface area contributed by atoms with E-state index < -0.39 is 10.0 Å². The molecular formula is C11H10Cl2N4O2S. The number of anilines is 2. The summed E-state index contributed by atoms with van der Waals surface area (Å²) in [6.45, 7) is 1.81. The van der Waals surface area contributed by atoms with Gasteiger partial charge in [0.05, 0.1) is 5.69 Å². The van der Waals surface area contributed by atoms with Gasteiger partial charge in [-0.1, -0.05) is 29.3 Å². The minimum Gasteiger partial charge on any atom is -0.398 e. The first kappa shape index (κ1) is 14.8. The Hall–Kier alpha value is -1.57. The normalized spacial score (nSPS) is 11.3. The average molecular weight is 333 g/mol. The van der Waals surface area contributed by atoms with Crippen LogP contribution in [0.25, 0.3) is 0 Å². The zero-order valence-corrected chi connectivity index (χ0v) is 12.6. The monoisotopic (exact) mass is 332 g/mol. The Kier molecular flexibility index (Phi) is 4.03. The highest BCUT2D eigenvalue weighted by molar-refractivity contribution is 7.92. The summed E-state index contributed by atoms with van der Waals surface area (Å²) in [5, 5.41) is -0.125. The van der Waals surface area contributed by atoms with Crippen molar-refractivity contribution in [3.05, 3.63) is 40.3 Å². The first-order chi connectivity index (χ1) is 9.31. The average Bonchev–Trinajstić information content (AvgIpc) is 2.34. The van der Waals surface area contributed by atoms with Gasteiger partial charge in [-0.25, -0.2) is 18.4 Å². The zero-order chi connectivity index (χ0) is 14.9. The summed E-state index contributed by atoms with van der Waals surface area (Å²) < 4.78 is 26.7. The van der Waals surface area contributed by atoms with Crippen LogP contribution in [0.15, 0.2) is 29.4 Å². The lowest BCUT2D eigenvalue weighted by Gasteiger charge is -2.11. The van der Waals surface area contributed by atoms with Gasteiger partial charge in [0.1, 0.15) is 16.2 Å². The predicted molar refractivity (Wildman–Crippen MR) is 78.5 cm³/mol. The lowest BCUT2D eigenvalue weighted by molar-refractivity contribution is 0.601. The van der Waals surface area contributed by atoms with Crippen LogP contribution in [0.2, 0.25) is 10.2 Å². The lowest BCUT2D eigenvalue weighted by atomic mass is 10.2. The zero-order valence-electron chi connectivity index (χ0n) is 10.3. The Morgan fingerprint density at radius 1 is 1.25 bits per heavy atom. The number of aromatic nitrogens is 2. The van der Waals surface area contributed by atoms with E-state index in [1.807, 2.05) is 0 Å². The van der Waals surface area contributed by atoms with Crippen LogP contribution in [-0.4, -0.2) is 18.4 Å². The second-order valence-corrected chi connectivity index (χ2v) is 6.36. The van der Waals surface area contributed by atoms with E-state index in [1.54, 1.807) is 19.1 Å². The Labute approximate surface area is 126 Å². The molecule has 9 heteroatoms. The van der Waals surface area contributed by atoms with Gasteiger partial charge < -0.3 is 5.73 Å². The molecule has 1 heterocycles. The molecule has 0 unspecified atom stereocenters. The number of rotatable bonds is 3. The summed E-state index contributed by atoms with van der Waals surface area (Å²) in [6.07, 6.45) is 1.10. The number of hydrogen-bond acceptors (Lipinski definition) is 5. The third-order valence-corrected chi connectivity index (χ3v) is 4.59. The molecule has 6 nitrogen and oxygen atoms in total. The largest absolute Gasteiger partial charge is 0.398 e. The maximum atomic E-state index is 12.2. The maximum Gasteiger partial charge on any atom is 0.265 e. The van der Waals surface area contributed by atoms with Gasteiger partial charge in [0.25, 0.3) is 10.0 Å². The van der Waals surface area contributed by atoms with Crippen LogP contribution < -0.4 is 10.5 Å². The van der Waals surface area contributed by atoms with Gasteiger partial charge in [0, 0.05) is 0 Å². The molecule has 0 aliphatic carbocycles. The van der Waals surface area contributed by atoms with Crippen LogP contribution in [0.1, 0.15) is 5.56 Å². The van der Waals surface area contributed by atoms with Crippen molar-refractivity contribution in [2.45, 2.75) is 11.8 Å². The van der Waals surface area contributed by atoms with E-state index in [2.05, 4.69) is 14.7 Å². The second-order valence-electron chi connectivity index (χ2n) is 3.97. The summed E-state index contributed by atoms with van der Waals surface area (Å²) in [5.41, 5.74) is 6.70. The topological polar surface area (TPSA) is 98.0 Å². The summed E-state index contributed by atoms with van der Waals surface area (Å²) >= 11 is 11.5. The lowest BCUT2D eigenvalue weighted by Crippen LogP contribution is -2.16. The van der Waals surface area contributed by atoms with Crippen LogP contribution in [-0.2, 0) is 10.0 Å². The fourth-order valence-corrected chi connectivity index (χ4v) is 2.98. The quantitative estimate of drug-likeness (QED) is 0.664. The minimum absolute atomic E-state index is 0.0451. The van der Waals surface area contributed by atoms with E-state index in [4.69, 9.17) is 28.9 Å². The van der Waals surface area contributed by atoms with Crippen molar-refractivity contribution in [1.82, 2.24) is 9.97 Å². The maximum absolute atomic E-state index is 12.2. The molecule has 0 aliphatic rings. The van der Waals surface area contributed by atoms with Crippen molar-refractivity contribution in [3.8, 4) is 0 Å². The molecule has 0 saturated heterocycles. The van der Waals surface area contributed by atoms with E-state index in [0.717, 1.165) is 11.9 Å². The third-order valence-electron chi connectivity index (χ3n) is 2.43. The summed E-state index contributed by atoms with van der Waals surface area (Å²) in [6, 6.07) is 4.60. The van der Waals surface area contributed by atoms with Crippen LogP contribution in [0, 0.1) is 6.92 Å². The highest BCUT2D eigenvalue weighted by atomic mass is 35.5. The van der Waals surface area contributed by atoms with E-state index in [-0.39, 0.29) is 26.6 Å². The molecule has 2 rings (SSSR count). The molecule has 1 aromatic carbocycles. The fraction of sp³-hybridized carbons (Fsp3) is 0.0909. The number of sulfonamides is 1. The molecule has 0 amide bonds. The summed E-state index contributed by atoms with van der Waals surface area (Å²) in [5.74, 6) is -0.105. The van der Waals surface area contributed by atoms with Gasteiger partial charge in [-0.2, -0.15) is 0 Å². The number of hydrogen-bond donors (Lipinski definition) is 2. The van der Waals surface area contributed by atoms with Crippen LogP contribution >= 0.6 is 23.2 Å². The van der Waals surface area contributed by atoms with Crippen molar-refractivity contribution in [2.24, 2.45) is 0 Å². The second kappa shape index (κ2) is 5.43. The molecule has 0 saturated carbocycles. The van der Waals surface area contributed by atoms with E-state index in [1.165, 1.54) is 6.07 Å². The Bertz CT molecular complexity index is 765. The fourth-order valence-electron chi connectivity index (χ4n) is 1.51. The Morgan fingerprint density at radius 2 is 1.95 bits per heavy atom. The Balaban J connectivity index is 2.44. The van der Waals surface area contributed by atoms with E-state index in [9.17, 15) is 8.42 Å². The van der Waals surface area contributed by atoms with Gasteiger partial charge in [-0.05, 0) is 24.6 Å². The SMILES string of the molecule is Cc1ccc(S(=O)(=O)Nc2ncnc(Cl)c2Cl)c(N)c1. The molecule has 0 spiro atoms. The molecule has 3 N–H and O–H groups in total. The van der Waals surface area contributed by atoms with Crippen molar-refractivity contribution in [3.63, 3.8) is 0 Å². The number of aryl methyl sites for hydroxylation is 1. The smallest absolute Gasteiger partial charge is 0.265 e. The first-order valence-electron chi connectivity index (χ1n) is 5.36. The number of nitrogens with zero attached hydrogens (tertiary/aromatic N) is 2. The number of nitrogens with one attached hydrogen (secondary N) is 1. The van der Waals surface area contributed by atoms with Gasteiger partial charge in [0.15, 0.2) is 11.0 Å². The molecule has 0 atom stereocenters. The highest BCUT2D eigenvalue weighted by Crippen LogP contribution is 2.28. The molecule has 2 aromatic rings.